The molecular formula is C14H24F3IN4O2. The van der Waals surface area contributed by atoms with E-state index >= 15 is 0 Å². The molecule has 0 aromatic heterocycles. The summed E-state index contributed by atoms with van der Waals surface area (Å²) in [6.07, 6.45) is -1.83. The van der Waals surface area contributed by atoms with E-state index in [1.165, 1.54) is 0 Å². The maximum Gasteiger partial charge on any atom is 0.411 e. The van der Waals surface area contributed by atoms with Crippen LogP contribution < -0.4 is 10.6 Å². The molecule has 0 bridgehead atoms. The van der Waals surface area contributed by atoms with E-state index in [0.717, 1.165) is 25.9 Å². The Morgan fingerprint density at radius 2 is 2.25 bits per heavy atom. The van der Waals surface area contributed by atoms with Crippen LogP contribution in [0.3, 0.4) is 0 Å². The number of halogens is 4. The number of guanidine groups is 1. The Kier molecular flexibility index (Phi) is 8.03. The minimum absolute atomic E-state index is 0. The summed E-state index contributed by atoms with van der Waals surface area (Å²) in [5.41, 5.74) is -0.0558. The zero-order valence-electron chi connectivity index (χ0n) is 13.6. The highest BCUT2D eigenvalue weighted by molar-refractivity contribution is 14.0. The number of ether oxygens (including phenoxy) is 1. The fourth-order valence-corrected chi connectivity index (χ4v) is 3.18. The van der Waals surface area contributed by atoms with E-state index in [-0.39, 0.29) is 48.5 Å². The van der Waals surface area contributed by atoms with Gasteiger partial charge in [-0.25, -0.2) is 0 Å². The van der Waals surface area contributed by atoms with Crippen molar-refractivity contribution in [3.63, 3.8) is 0 Å². The number of amides is 1. The predicted octanol–water partition coefficient (Wildman–Crippen LogP) is 1.36. The molecule has 2 fully saturated rings. The molecule has 10 heteroatoms. The highest BCUT2D eigenvalue weighted by Crippen LogP contribution is 2.35. The lowest BCUT2D eigenvalue weighted by molar-refractivity contribution is -0.173. The van der Waals surface area contributed by atoms with E-state index in [9.17, 15) is 18.0 Å². The van der Waals surface area contributed by atoms with Crippen LogP contribution >= 0.6 is 24.0 Å². The second-order valence-electron chi connectivity index (χ2n) is 6.12. The van der Waals surface area contributed by atoms with Crippen molar-refractivity contribution in [3.05, 3.63) is 0 Å². The summed E-state index contributed by atoms with van der Waals surface area (Å²) in [7, 11) is 1.64. The first-order chi connectivity index (χ1) is 10.8. The Morgan fingerprint density at radius 1 is 1.50 bits per heavy atom. The van der Waals surface area contributed by atoms with Gasteiger partial charge in [-0.05, 0) is 12.8 Å². The molecule has 1 atom stereocenters. The van der Waals surface area contributed by atoms with Gasteiger partial charge in [0.05, 0.1) is 6.61 Å². The van der Waals surface area contributed by atoms with Gasteiger partial charge >= 0.3 is 6.18 Å². The highest BCUT2D eigenvalue weighted by atomic mass is 127. The summed E-state index contributed by atoms with van der Waals surface area (Å²) in [6.45, 7) is 1.18. The second-order valence-corrected chi connectivity index (χ2v) is 6.12. The molecule has 140 valence electrons. The Balaban J connectivity index is 0.00000288. The summed E-state index contributed by atoms with van der Waals surface area (Å²) in [5.74, 6) is 0.717. The molecule has 2 rings (SSSR count). The number of likely N-dealkylation sites (tertiary alicyclic amines) is 1. The summed E-state index contributed by atoms with van der Waals surface area (Å²) in [6, 6.07) is 0. The summed E-state index contributed by atoms with van der Waals surface area (Å²) in [4.78, 5) is 17.7. The number of piperidine rings is 1. The molecule has 6 nitrogen and oxygen atoms in total. The van der Waals surface area contributed by atoms with E-state index in [2.05, 4.69) is 25.3 Å². The number of hydrogen-bond acceptors (Lipinski definition) is 3. The topological polar surface area (TPSA) is 66.0 Å². The van der Waals surface area contributed by atoms with Gasteiger partial charge in [0.15, 0.2) is 5.96 Å². The highest BCUT2D eigenvalue weighted by Gasteiger charge is 2.42. The fourth-order valence-electron chi connectivity index (χ4n) is 3.18. The van der Waals surface area contributed by atoms with Gasteiger partial charge in [-0.3, -0.25) is 9.79 Å². The Labute approximate surface area is 156 Å². The first-order valence-electron chi connectivity index (χ1n) is 7.70. The van der Waals surface area contributed by atoms with Crippen molar-refractivity contribution in [2.75, 3.05) is 46.4 Å². The van der Waals surface area contributed by atoms with E-state index in [1.807, 2.05) is 0 Å². The Bertz CT molecular complexity index is 462. The summed E-state index contributed by atoms with van der Waals surface area (Å²) >= 11 is 0. The van der Waals surface area contributed by atoms with Crippen LogP contribution in [0.25, 0.3) is 0 Å². The lowest BCUT2D eigenvalue weighted by Crippen LogP contribution is -2.51. The maximum absolute atomic E-state index is 12.0. The monoisotopic (exact) mass is 464 g/mol. The van der Waals surface area contributed by atoms with Crippen molar-refractivity contribution in [2.45, 2.75) is 25.4 Å². The Morgan fingerprint density at radius 3 is 2.83 bits per heavy atom. The standard InChI is InChI=1S/C14H23F3N4O2.HI/c1-18-12(19-4-6-23-10-14(15,16)17)21-5-2-3-13(9-21)7-11(22)20-8-13;/h2-10H2,1H3,(H,18,19)(H,20,22);1H. The van der Waals surface area contributed by atoms with Gasteiger partial charge < -0.3 is 20.3 Å². The van der Waals surface area contributed by atoms with Crippen molar-refractivity contribution in [1.82, 2.24) is 15.5 Å². The normalized spacial score (nSPS) is 24.8. The Hall–Kier alpha value is -0.780. The van der Waals surface area contributed by atoms with E-state index < -0.39 is 12.8 Å². The molecule has 2 saturated heterocycles. The van der Waals surface area contributed by atoms with Gasteiger partial charge in [-0.1, -0.05) is 0 Å². The number of nitrogens with zero attached hydrogens (tertiary/aromatic N) is 2. The smallest absolute Gasteiger partial charge is 0.370 e. The van der Waals surface area contributed by atoms with Crippen LogP contribution in [0.15, 0.2) is 4.99 Å². The number of carbonyl (C=O) groups is 1. The SMILES string of the molecule is CN=C(NCCOCC(F)(F)F)N1CCCC2(CNC(=O)C2)C1.I. The zero-order valence-corrected chi connectivity index (χ0v) is 15.9. The number of nitrogens with one attached hydrogen (secondary N) is 2. The van der Waals surface area contributed by atoms with Gasteiger partial charge in [0.1, 0.15) is 6.61 Å². The van der Waals surface area contributed by atoms with Crippen molar-refractivity contribution < 1.29 is 22.7 Å². The van der Waals surface area contributed by atoms with Crippen molar-refractivity contribution in [3.8, 4) is 0 Å². The first-order valence-corrected chi connectivity index (χ1v) is 7.70. The van der Waals surface area contributed by atoms with Crippen molar-refractivity contribution in [2.24, 2.45) is 10.4 Å². The van der Waals surface area contributed by atoms with Gasteiger partial charge in [-0.2, -0.15) is 13.2 Å². The molecule has 24 heavy (non-hydrogen) atoms. The molecule has 0 aromatic carbocycles. The number of aliphatic imine (C=N–C) groups is 1. The minimum Gasteiger partial charge on any atom is -0.370 e. The summed E-state index contributed by atoms with van der Waals surface area (Å²) < 4.78 is 40.5. The third-order valence-corrected chi connectivity index (χ3v) is 4.16. The van der Waals surface area contributed by atoms with Crippen LogP contribution in [0.1, 0.15) is 19.3 Å². The lowest BCUT2D eigenvalue weighted by atomic mass is 9.79. The van der Waals surface area contributed by atoms with Gasteiger partial charge in [-0.15, -0.1) is 24.0 Å². The van der Waals surface area contributed by atoms with E-state index in [1.54, 1.807) is 7.05 Å². The predicted molar refractivity (Wildman–Crippen MR) is 94.5 cm³/mol. The number of rotatable bonds is 4. The molecule has 2 aliphatic rings. The van der Waals surface area contributed by atoms with E-state index in [4.69, 9.17) is 0 Å². The molecule has 2 aliphatic heterocycles. The fraction of sp³-hybridized carbons (Fsp3) is 0.857. The van der Waals surface area contributed by atoms with Crippen LogP contribution in [-0.2, 0) is 9.53 Å². The number of alkyl halides is 3. The third-order valence-electron chi connectivity index (χ3n) is 4.16. The van der Waals surface area contributed by atoms with Gasteiger partial charge in [0, 0.05) is 45.1 Å². The average molecular weight is 464 g/mol. The van der Waals surface area contributed by atoms with Crippen molar-refractivity contribution >= 4 is 35.8 Å². The molecule has 0 aromatic rings. The first kappa shape index (κ1) is 21.3. The van der Waals surface area contributed by atoms with Crippen molar-refractivity contribution in [1.29, 1.82) is 0 Å². The van der Waals surface area contributed by atoms with Crippen LogP contribution in [0, 0.1) is 5.41 Å². The third kappa shape index (κ3) is 6.26. The lowest BCUT2D eigenvalue weighted by Gasteiger charge is -2.40. The molecular weight excluding hydrogens is 440 g/mol. The molecule has 0 aliphatic carbocycles. The van der Waals surface area contributed by atoms with E-state index in [0.29, 0.717) is 18.9 Å². The molecule has 2 N–H and O–H groups in total. The number of carbonyl (C=O) groups excluding carboxylic acids is 1. The zero-order chi connectivity index (χ0) is 16.9. The van der Waals surface area contributed by atoms with Gasteiger partial charge in [0.25, 0.3) is 0 Å². The minimum atomic E-state index is -4.30. The molecule has 2 heterocycles. The molecule has 0 saturated carbocycles. The average Bonchev–Trinajstić information content (AvgIpc) is 2.82. The maximum atomic E-state index is 12.0. The second kappa shape index (κ2) is 9.07. The van der Waals surface area contributed by atoms with Crippen LogP contribution in [0.4, 0.5) is 13.2 Å². The molecule has 1 spiro atoms. The van der Waals surface area contributed by atoms with Crippen LogP contribution in [0.2, 0.25) is 0 Å². The van der Waals surface area contributed by atoms with Crippen LogP contribution in [0.5, 0.6) is 0 Å². The molecule has 1 amide bonds. The quantitative estimate of drug-likeness (QED) is 0.286. The van der Waals surface area contributed by atoms with Crippen LogP contribution in [-0.4, -0.2) is 69.4 Å². The largest absolute Gasteiger partial charge is 0.411 e. The number of hydrogen-bond donors (Lipinski definition) is 2. The molecule has 0 radical (unpaired) electrons. The summed E-state index contributed by atoms with van der Waals surface area (Å²) in [5, 5.41) is 5.90. The van der Waals surface area contributed by atoms with Gasteiger partial charge in [0.2, 0.25) is 5.91 Å². The molecule has 1 unspecified atom stereocenters.